The fraction of sp³-hybridized carbons (Fsp3) is 0.154. The van der Waals surface area contributed by atoms with E-state index in [0.717, 1.165) is 20.9 Å². The van der Waals surface area contributed by atoms with Crippen molar-refractivity contribution in [2.45, 2.75) is 13.0 Å². The highest BCUT2D eigenvalue weighted by Crippen LogP contribution is 2.30. The Kier molecular flexibility index (Phi) is 3.33. The second-order valence-electron chi connectivity index (χ2n) is 3.84. The molecular formula is C13H12BrNO2. The zero-order chi connectivity index (χ0) is 12.4. The monoisotopic (exact) mass is 293 g/mol. The first-order valence-electron chi connectivity index (χ1n) is 5.26. The quantitative estimate of drug-likeness (QED) is 0.911. The Bertz CT molecular complexity index is 568. The van der Waals surface area contributed by atoms with Gasteiger partial charge in [0.15, 0.2) is 0 Å². The molecule has 0 spiro atoms. The van der Waals surface area contributed by atoms with E-state index < -0.39 is 12.0 Å². The van der Waals surface area contributed by atoms with Crippen LogP contribution < -0.4 is 5.32 Å². The van der Waals surface area contributed by atoms with Crippen LogP contribution in [0.4, 0.5) is 5.69 Å². The Morgan fingerprint density at radius 1 is 1.24 bits per heavy atom. The van der Waals surface area contributed by atoms with Crippen molar-refractivity contribution in [2.75, 3.05) is 5.32 Å². The number of carboxylic acids is 1. The molecule has 2 aromatic carbocycles. The van der Waals surface area contributed by atoms with Crippen molar-refractivity contribution in [3.8, 4) is 0 Å². The van der Waals surface area contributed by atoms with Gasteiger partial charge in [0.2, 0.25) is 0 Å². The summed E-state index contributed by atoms with van der Waals surface area (Å²) in [5.74, 6) is -0.864. The van der Waals surface area contributed by atoms with Crippen LogP contribution in [0.1, 0.15) is 6.92 Å². The van der Waals surface area contributed by atoms with Crippen LogP contribution in [0.15, 0.2) is 40.9 Å². The third kappa shape index (κ3) is 2.42. The molecule has 0 aliphatic carbocycles. The molecule has 2 rings (SSSR count). The van der Waals surface area contributed by atoms with Gasteiger partial charge in [-0.1, -0.05) is 40.2 Å². The van der Waals surface area contributed by atoms with Gasteiger partial charge in [0.25, 0.3) is 0 Å². The standard InChI is InChI=1S/C13H12BrNO2/c1-8(13(16)17)15-12-7-6-11(14)9-4-2-3-5-10(9)12/h2-8,15H,1H3,(H,16,17). The normalized spacial score (nSPS) is 12.4. The smallest absolute Gasteiger partial charge is 0.325 e. The molecular weight excluding hydrogens is 282 g/mol. The maximum absolute atomic E-state index is 10.8. The maximum Gasteiger partial charge on any atom is 0.325 e. The molecule has 0 aromatic heterocycles. The van der Waals surface area contributed by atoms with Gasteiger partial charge in [-0.2, -0.15) is 0 Å². The molecule has 0 amide bonds. The number of aliphatic carboxylic acids is 1. The minimum Gasteiger partial charge on any atom is -0.480 e. The fourth-order valence-corrected chi connectivity index (χ4v) is 2.16. The molecule has 0 aliphatic rings. The zero-order valence-corrected chi connectivity index (χ0v) is 10.9. The van der Waals surface area contributed by atoms with Gasteiger partial charge >= 0.3 is 5.97 Å². The summed E-state index contributed by atoms with van der Waals surface area (Å²) in [6.45, 7) is 1.62. The summed E-state index contributed by atoms with van der Waals surface area (Å²) in [4.78, 5) is 10.8. The SMILES string of the molecule is CC(Nc1ccc(Br)c2ccccc12)C(=O)O. The second kappa shape index (κ2) is 4.75. The number of nitrogens with one attached hydrogen (secondary N) is 1. The van der Waals surface area contributed by atoms with Crippen molar-refractivity contribution in [2.24, 2.45) is 0 Å². The average Bonchev–Trinajstić information content (AvgIpc) is 2.33. The molecule has 3 nitrogen and oxygen atoms in total. The Morgan fingerprint density at radius 3 is 2.53 bits per heavy atom. The van der Waals surface area contributed by atoms with Crippen LogP contribution in [-0.4, -0.2) is 17.1 Å². The molecule has 0 fully saturated rings. The van der Waals surface area contributed by atoms with Crippen LogP contribution in [-0.2, 0) is 4.79 Å². The summed E-state index contributed by atoms with van der Waals surface area (Å²) < 4.78 is 1.00. The second-order valence-corrected chi connectivity index (χ2v) is 4.70. The number of anilines is 1. The highest BCUT2D eigenvalue weighted by molar-refractivity contribution is 9.10. The molecule has 2 N–H and O–H groups in total. The van der Waals surface area contributed by atoms with Crippen molar-refractivity contribution >= 4 is 38.4 Å². The Hall–Kier alpha value is -1.55. The Balaban J connectivity index is 2.48. The lowest BCUT2D eigenvalue weighted by Gasteiger charge is -2.14. The lowest BCUT2D eigenvalue weighted by atomic mass is 10.1. The number of carbonyl (C=O) groups is 1. The minimum absolute atomic E-state index is 0.611. The van der Waals surface area contributed by atoms with Gasteiger partial charge in [0.05, 0.1) is 0 Å². The van der Waals surface area contributed by atoms with Crippen molar-refractivity contribution in [1.82, 2.24) is 0 Å². The first-order chi connectivity index (χ1) is 8.09. The van der Waals surface area contributed by atoms with Gasteiger partial charge in [0.1, 0.15) is 6.04 Å². The first-order valence-corrected chi connectivity index (χ1v) is 6.05. The molecule has 2 aromatic rings. The molecule has 1 unspecified atom stereocenters. The van der Waals surface area contributed by atoms with Gasteiger partial charge in [-0.25, -0.2) is 0 Å². The lowest BCUT2D eigenvalue weighted by Crippen LogP contribution is -2.25. The number of benzene rings is 2. The minimum atomic E-state index is -0.864. The molecule has 0 saturated heterocycles. The van der Waals surface area contributed by atoms with Crippen molar-refractivity contribution in [3.63, 3.8) is 0 Å². The van der Waals surface area contributed by atoms with E-state index in [2.05, 4.69) is 21.2 Å². The number of fused-ring (bicyclic) bond motifs is 1. The summed E-state index contributed by atoms with van der Waals surface area (Å²) in [5.41, 5.74) is 0.832. The number of rotatable bonds is 3. The van der Waals surface area contributed by atoms with E-state index in [4.69, 9.17) is 5.11 Å². The molecule has 4 heteroatoms. The van der Waals surface area contributed by atoms with E-state index in [9.17, 15) is 4.79 Å². The molecule has 0 bridgehead atoms. The van der Waals surface area contributed by atoms with Crippen LogP contribution in [0.5, 0.6) is 0 Å². The van der Waals surface area contributed by atoms with Crippen LogP contribution in [0.3, 0.4) is 0 Å². The highest BCUT2D eigenvalue weighted by Gasteiger charge is 2.12. The zero-order valence-electron chi connectivity index (χ0n) is 9.27. The molecule has 1 atom stereocenters. The van der Waals surface area contributed by atoms with E-state index in [1.807, 2.05) is 36.4 Å². The summed E-state index contributed by atoms with van der Waals surface area (Å²) in [6, 6.07) is 11.0. The van der Waals surface area contributed by atoms with Gasteiger partial charge in [-0.05, 0) is 24.4 Å². The van der Waals surface area contributed by atoms with E-state index in [1.165, 1.54) is 0 Å². The summed E-state index contributed by atoms with van der Waals surface area (Å²) >= 11 is 3.48. The number of hydrogen-bond donors (Lipinski definition) is 2. The fourth-order valence-electron chi connectivity index (χ4n) is 1.68. The molecule has 17 heavy (non-hydrogen) atoms. The summed E-state index contributed by atoms with van der Waals surface area (Å²) in [7, 11) is 0. The van der Waals surface area contributed by atoms with Crippen molar-refractivity contribution in [1.29, 1.82) is 0 Å². The van der Waals surface area contributed by atoms with E-state index in [1.54, 1.807) is 6.92 Å². The van der Waals surface area contributed by atoms with E-state index in [0.29, 0.717) is 0 Å². The number of carboxylic acid groups (broad SMARTS) is 1. The van der Waals surface area contributed by atoms with Gasteiger partial charge in [-0.15, -0.1) is 0 Å². The number of halogens is 1. The molecule has 0 heterocycles. The summed E-state index contributed by atoms with van der Waals surface area (Å²) in [6.07, 6.45) is 0. The Labute approximate surface area is 108 Å². The first kappa shape index (κ1) is 11.9. The maximum atomic E-state index is 10.8. The predicted molar refractivity (Wildman–Crippen MR) is 72.4 cm³/mol. The van der Waals surface area contributed by atoms with Gasteiger partial charge < -0.3 is 10.4 Å². The van der Waals surface area contributed by atoms with Gasteiger partial charge in [-0.3, -0.25) is 4.79 Å². The van der Waals surface area contributed by atoms with E-state index in [-0.39, 0.29) is 0 Å². The molecule has 0 saturated carbocycles. The van der Waals surface area contributed by atoms with Crippen LogP contribution in [0, 0.1) is 0 Å². The highest BCUT2D eigenvalue weighted by atomic mass is 79.9. The van der Waals surface area contributed by atoms with Crippen molar-refractivity contribution in [3.05, 3.63) is 40.9 Å². The largest absolute Gasteiger partial charge is 0.480 e. The van der Waals surface area contributed by atoms with Crippen LogP contribution >= 0.6 is 15.9 Å². The molecule has 88 valence electrons. The third-order valence-electron chi connectivity index (χ3n) is 2.61. The van der Waals surface area contributed by atoms with Crippen LogP contribution in [0.2, 0.25) is 0 Å². The van der Waals surface area contributed by atoms with E-state index >= 15 is 0 Å². The average molecular weight is 294 g/mol. The summed E-state index contributed by atoms with van der Waals surface area (Å²) in [5, 5.41) is 14.0. The van der Waals surface area contributed by atoms with Crippen LogP contribution in [0.25, 0.3) is 10.8 Å². The lowest BCUT2D eigenvalue weighted by molar-refractivity contribution is -0.137. The molecule has 0 aliphatic heterocycles. The molecule has 0 radical (unpaired) electrons. The third-order valence-corrected chi connectivity index (χ3v) is 3.30. The predicted octanol–water partition coefficient (Wildman–Crippen LogP) is 3.49. The Morgan fingerprint density at radius 2 is 1.88 bits per heavy atom. The van der Waals surface area contributed by atoms with Crippen molar-refractivity contribution < 1.29 is 9.90 Å². The number of hydrogen-bond acceptors (Lipinski definition) is 2. The van der Waals surface area contributed by atoms with Gasteiger partial charge in [0, 0.05) is 15.5 Å². The topological polar surface area (TPSA) is 49.3 Å².